The summed E-state index contributed by atoms with van der Waals surface area (Å²) in [4.78, 5) is 5.17. The van der Waals surface area contributed by atoms with E-state index in [2.05, 4.69) is 46.5 Å². The van der Waals surface area contributed by atoms with Gasteiger partial charge in [0.15, 0.2) is 5.69 Å². The Balaban J connectivity index is 2.63. The van der Waals surface area contributed by atoms with Gasteiger partial charge in [-0.25, -0.2) is 4.98 Å². The van der Waals surface area contributed by atoms with E-state index in [0.717, 1.165) is 16.0 Å². The summed E-state index contributed by atoms with van der Waals surface area (Å²) >= 11 is 13.6. The zero-order chi connectivity index (χ0) is 19.9. The minimum atomic E-state index is -0.227. The number of aromatic hydroxyl groups is 1. The van der Waals surface area contributed by atoms with Crippen molar-refractivity contribution in [1.29, 1.82) is 5.26 Å². The predicted octanol–water partition coefficient (Wildman–Crippen LogP) is 6.71. The molecule has 2 rings (SSSR count). The topological polar surface area (TPSA) is 56.9 Å². The van der Waals surface area contributed by atoms with Crippen LogP contribution < -0.4 is 0 Å². The van der Waals surface area contributed by atoms with E-state index in [9.17, 15) is 5.11 Å². The van der Waals surface area contributed by atoms with Gasteiger partial charge < -0.3 is 5.11 Å². The highest BCUT2D eigenvalue weighted by Gasteiger charge is 2.27. The van der Waals surface area contributed by atoms with Crippen molar-refractivity contribution in [3.63, 3.8) is 0 Å². The lowest BCUT2D eigenvalue weighted by Gasteiger charge is -2.28. The number of pyridine rings is 1. The lowest BCUT2D eigenvalue weighted by molar-refractivity contribution is 0.422. The van der Waals surface area contributed by atoms with E-state index >= 15 is 0 Å². The van der Waals surface area contributed by atoms with E-state index in [-0.39, 0.29) is 21.5 Å². The Hall–Kier alpha value is -1.41. The van der Waals surface area contributed by atoms with E-state index < -0.39 is 0 Å². The van der Waals surface area contributed by atoms with Gasteiger partial charge in [0.05, 0.1) is 10.0 Å². The van der Waals surface area contributed by atoms with E-state index in [0.29, 0.717) is 15.8 Å². The van der Waals surface area contributed by atoms with Crippen LogP contribution in [0.5, 0.6) is 5.75 Å². The summed E-state index contributed by atoms with van der Waals surface area (Å²) < 4.78 is 0. The summed E-state index contributed by atoms with van der Waals surface area (Å²) in [7, 11) is 0. The Morgan fingerprint density at radius 3 is 1.88 bits per heavy atom. The highest BCUT2D eigenvalue weighted by Crippen LogP contribution is 2.43. The third kappa shape index (κ3) is 4.46. The van der Waals surface area contributed by atoms with Crippen molar-refractivity contribution in [3.05, 3.63) is 45.1 Å². The van der Waals surface area contributed by atoms with E-state index in [1.807, 2.05) is 18.2 Å². The SMILES string of the molecule is CC(C)(C)c1cc(Sc2nc(C#N)c(Cl)cc2Cl)cc(C(C)(C)C)c1O. The monoisotopic (exact) mass is 408 g/mol. The molecule has 1 heterocycles. The van der Waals surface area contributed by atoms with Crippen LogP contribution in [0.1, 0.15) is 58.4 Å². The van der Waals surface area contributed by atoms with E-state index in [4.69, 9.17) is 28.5 Å². The summed E-state index contributed by atoms with van der Waals surface area (Å²) in [6, 6.07) is 7.41. The number of nitriles is 1. The van der Waals surface area contributed by atoms with Crippen LogP contribution in [0.2, 0.25) is 10.0 Å². The number of halogens is 2. The summed E-state index contributed by atoms with van der Waals surface area (Å²) in [6.07, 6.45) is 0. The molecule has 0 aliphatic carbocycles. The van der Waals surface area contributed by atoms with Gasteiger partial charge in [-0.15, -0.1) is 0 Å². The molecule has 0 aliphatic rings. The second-order valence-electron chi connectivity index (χ2n) is 8.19. The van der Waals surface area contributed by atoms with Gasteiger partial charge in [-0.3, -0.25) is 0 Å². The van der Waals surface area contributed by atoms with Crippen molar-refractivity contribution in [1.82, 2.24) is 4.98 Å². The van der Waals surface area contributed by atoms with E-state index in [1.165, 1.54) is 17.8 Å². The fraction of sp³-hybridized carbons (Fsp3) is 0.400. The lowest BCUT2D eigenvalue weighted by Crippen LogP contribution is -2.17. The first kappa shape index (κ1) is 20.9. The Bertz CT molecular complexity index is 855. The molecule has 3 nitrogen and oxygen atoms in total. The second kappa shape index (κ2) is 7.31. The van der Waals surface area contributed by atoms with Gasteiger partial charge in [0.1, 0.15) is 16.8 Å². The molecule has 0 fully saturated rings. The molecule has 0 saturated heterocycles. The standard InChI is InChI=1S/C20H22Cl2N2OS/c1-19(2,3)12-7-11(8-13(17(12)25)20(4,5)6)26-18-15(22)9-14(21)16(10-23)24-18/h7-9,25H,1-6H3. The number of hydrogen-bond acceptors (Lipinski definition) is 4. The van der Waals surface area contributed by atoms with E-state index in [1.54, 1.807) is 0 Å². The first-order valence-electron chi connectivity index (χ1n) is 8.16. The first-order chi connectivity index (χ1) is 11.8. The smallest absolute Gasteiger partial charge is 0.160 e. The average molecular weight is 409 g/mol. The summed E-state index contributed by atoms with van der Waals surface area (Å²) in [5.74, 6) is 0.322. The van der Waals surface area contributed by atoms with Gasteiger partial charge in [-0.2, -0.15) is 5.26 Å². The number of aromatic nitrogens is 1. The third-order valence-electron chi connectivity index (χ3n) is 3.92. The van der Waals surface area contributed by atoms with Crippen molar-refractivity contribution in [2.75, 3.05) is 0 Å². The van der Waals surface area contributed by atoms with Crippen molar-refractivity contribution in [2.24, 2.45) is 0 Å². The molecule has 6 heteroatoms. The predicted molar refractivity (Wildman–Crippen MR) is 109 cm³/mol. The van der Waals surface area contributed by atoms with Crippen molar-refractivity contribution >= 4 is 35.0 Å². The van der Waals surface area contributed by atoms with Crippen LogP contribution in [-0.2, 0) is 10.8 Å². The van der Waals surface area contributed by atoms with Crippen LogP contribution in [0.25, 0.3) is 0 Å². The maximum Gasteiger partial charge on any atom is 0.160 e. The van der Waals surface area contributed by atoms with Crippen LogP contribution in [0.3, 0.4) is 0 Å². The number of benzene rings is 1. The normalized spacial score (nSPS) is 12.1. The molecule has 0 aliphatic heterocycles. The maximum atomic E-state index is 10.8. The number of phenolic OH excluding ortho intramolecular Hbond substituents is 1. The molecule has 0 unspecified atom stereocenters. The number of nitrogens with zero attached hydrogens (tertiary/aromatic N) is 2. The Morgan fingerprint density at radius 1 is 0.962 bits per heavy atom. The summed E-state index contributed by atoms with van der Waals surface area (Å²) in [5, 5.41) is 21.1. The van der Waals surface area contributed by atoms with Gasteiger partial charge in [0.2, 0.25) is 0 Å². The Labute approximate surface area is 169 Å². The Kier molecular flexibility index (Phi) is 5.87. The maximum absolute atomic E-state index is 10.8. The molecule has 0 atom stereocenters. The van der Waals surface area contributed by atoms with Crippen LogP contribution in [0.4, 0.5) is 0 Å². The zero-order valence-electron chi connectivity index (χ0n) is 15.7. The molecule has 1 aromatic heterocycles. The van der Waals surface area contributed by atoms with Crippen molar-refractivity contribution < 1.29 is 5.11 Å². The molecule has 138 valence electrons. The molecule has 0 saturated carbocycles. The van der Waals surface area contributed by atoms with Gasteiger partial charge in [0, 0.05) is 16.0 Å². The van der Waals surface area contributed by atoms with Gasteiger partial charge >= 0.3 is 0 Å². The quantitative estimate of drug-likeness (QED) is 0.599. The molecule has 1 N–H and O–H groups in total. The molecular weight excluding hydrogens is 387 g/mol. The third-order valence-corrected chi connectivity index (χ3v) is 5.58. The number of rotatable bonds is 2. The highest BCUT2D eigenvalue weighted by molar-refractivity contribution is 7.99. The van der Waals surface area contributed by atoms with Gasteiger partial charge in [0.25, 0.3) is 0 Å². The molecular formula is C20H22Cl2N2OS. The molecule has 0 radical (unpaired) electrons. The number of hydrogen-bond donors (Lipinski definition) is 1. The summed E-state index contributed by atoms with van der Waals surface area (Å²) in [5.41, 5.74) is 1.41. The van der Waals surface area contributed by atoms with Gasteiger partial charge in [-0.05, 0) is 29.0 Å². The molecule has 2 aromatic rings. The molecule has 26 heavy (non-hydrogen) atoms. The van der Waals surface area contributed by atoms with Crippen LogP contribution >= 0.6 is 35.0 Å². The van der Waals surface area contributed by atoms with Crippen LogP contribution in [0.15, 0.2) is 28.1 Å². The van der Waals surface area contributed by atoms with Crippen molar-refractivity contribution in [3.8, 4) is 11.8 Å². The lowest BCUT2D eigenvalue weighted by atomic mass is 9.79. The molecule has 0 amide bonds. The highest BCUT2D eigenvalue weighted by atomic mass is 35.5. The van der Waals surface area contributed by atoms with Gasteiger partial charge in [-0.1, -0.05) is 76.5 Å². The first-order valence-corrected chi connectivity index (χ1v) is 9.74. The Morgan fingerprint density at radius 2 is 1.46 bits per heavy atom. The fourth-order valence-electron chi connectivity index (χ4n) is 2.52. The number of phenols is 1. The molecule has 0 spiro atoms. The van der Waals surface area contributed by atoms with Crippen LogP contribution in [-0.4, -0.2) is 10.1 Å². The average Bonchev–Trinajstić information content (AvgIpc) is 2.49. The molecule has 1 aromatic carbocycles. The summed E-state index contributed by atoms with van der Waals surface area (Å²) in [6.45, 7) is 12.4. The molecule has 0 bridgehead atoms. The second-order valence-corrected chi connectivity index (χ2v) is 10.1. The fourth-order valence-corrected chi connectivity index (χ4v) is 3.91. The minimum Gasteiger partial charge on any atom is -0.507 e. The largest absolute Gasteiger partial charge is 0.507 e. The van der Waals surface area contributed by atoms with Crippen LogP contribution in [0, 0.1) is 11.3 Å². The minimum absolute atomic E-state index is 0.143. The zero-order valence-corrected chi connectivity index (χ0v) is 18.1. The van der Waals surface area contributed by atoms with Crippen molar-refractivity contribution in [2.45, 2.75) is 62.3 Å².